The van der Waals surface area contributed by atoms with Crippen molar-refractivity contribution in [3.8, 4) is 0 Å². The first kappa shape index (κ1) is 15.8. The van der Waals surface area contributed by atoms with E-state index in [2.05, 4.69) is 5.32 Å². The van der Waals surface area contributed by atoms with Crippen LogP contribution in [0.1, 0.15) is 27.0 Å². The Morgan fingerprint density at radius 1 is 0.917 bits per heavy atom. The number of carbonyl (C=O) groups excluding carboxylic acids is 1. The van der Waals surface area contributed by atoms with Gasteiger partial charge in [-0.25, -0.2) is 0 Å². The van der Waals surface area contributed by atoms with Crippen LogP contribution in [0.15, 0.2) is 72.8 Å². The molecule has 0 saturated heterocycles. The molecule has 0 radical (unpaired) electrons. The average molecular weight is 316 g/mol. The molecule has 0 aliphatic carbocycles. The van der Waals surface area contributed by atoms with Gasteiger partial charge in [-0.15, -0.1) is 0 Å². The van der Waals surface area contributed by atoms with Crippen LogP contribution in [0.4, 0.5) is 11.4 Å². The summed E-state index contributed by atoms with van der Waals surface area (Å²) >= 11 is 0. The molecule has 0 saturated carbocycles. The highest BCUT2D eigenvalue weighted by molar-refractivity contribution is 6.04. The first-order valence-electron chi connectivity index (χ1n) is 7.91. The van der Waals surface area contributed by atoms with Gasteiger partial charge in [-0.05, 0) is 60.9 Å². The Kier molecular flexibility index (Phi) is 4.62. The molecule has 0 fully saturated rings. The third kappa shape index (κ3) is 4.02. The molecule has 3 aromatic rings. The maximum Gasteiger partial charge on any atom is 0.255 e. The van der Waals surface area contributed by atoms with E-state index in [1.807, 2.05) is 79.7 Å². The summed E-state index contributed by atoms with van der Waals surface area (Å²) in [6.07, 6.45) is 0.840. The molecule has 3 heteroatoms. The predicted molar refractivity (Wildman–Crippen MR) is 99.2 cm³/mol. The standard InChI is InChI=1S/C21H20N2O/c1-15-3-2-4-18(13-15)21(24)23-20-11-7-17(8-12-20)14-16-5-9-19(22)10-6-16/h2-13H,14,22H2,1H3,(H,23,24). The summed E-state index contributed by atoms with van der Waals surface area (Å²) in [6, 6.07) is 23.4. The van der Waals surface area contributed by atoms with Gasteiger partial charge in [0.05, 0.1) is 0 Å². The van der Waals surface area contributed by atoms with Crippen LogP contribution in [-0.2, 0) is 6.42 Å². The van der Waals surface area contributed by atoms with Gasteiger partial charge in [0, 0.05) is 16.9 Å². The minimum absolute atomic E-state index is 0.0926. The molecular weight excluding hydrogens is 296 g/mol. The van der Waals surface area contributed by atoms with Crippen molar-refractivity contribution in [1.29, 1.82) is 0 Å². The number of anilines is 2. The Morgan fingerprint density at radius 3 is 2.17 bits per heavy atom. The van der Waals surface area contributed by atoms with E-state index in [0.717, 1.165) is 23.4 Å². The molecule has 120 valence electrons. The van der Waals surface area contributed by atoms with Crippen molar-refractivity contribution >= 4 is 17.3 Å². The van der Waals surface area contributed by atoms with Crippen LogP contribution in [0.2, 0.25) is 0 Å². The zero-order chi connectivity index (χ0) is 16.9. The number of hydrogen-bond donors (Lipinski definition) is 2. The largest absolute Gasteiger partial charge is 0.399 e. The lowest BCUT2D eigenvalue weighted by atomic mass is 10.0. The van der Waals surface area contributed by atoms with Gasteiger partial charge in [-0.3, -0.25) is 4.79 Å². The first-order valence-corrected chi connectivity index (χ1v) is 7.91. The smallest absolute Gasteiger partial charge is 0.255 e. The van der Waals surface area contributed by atoms with E-state index in [1.165, 1.54) is 11.1 Å². The normalized spacial score (nSPS) is 10.4. The maximum absolute atomic E-state index is 12.3. The molecule has 0 heterocycles. The number of hydrogen-bond acceptors (Lipinski definition) is 2. The van der Waals surface area contributed by atoms with Gasteiger partial charge >= 0.3 is 0 Å². The van der Waals surface area contributed by atoms with Gasteiger partial charge in [-0.2, -0.15) is 0 Å². The molecule has 0 aliphatic rings. The van der Waals surface area contributed by atoms with Crippen molar-refractivity contribution in [3.05, 3.63) is 95.1 Å². The van der Waals surface area contributed by atoms with Crippen molar-refractivity contribution in [3.63, 3.8) is 0 Å². The number of carbonyl (C=O) groups is 1. The van der Waals surface area contributed by atoms with Gasteiger partial charge in [0.15, 0.2) is 0 Å². The van der Waals surface area contributed by atoms with E-state index in [-0.39, 0.29) is 5.91 Å². The van der Waals surface area contributed by atoms with E-state index in [4.69, 9.17) is 5.73 Å². The fraction of sp³-hybridized carbons (Fsp3) is 0.0952. The number of nitrogens with two attached hydrogens (primary N) is 1. The summed E-state index contributed by atoms with van der Waals surface area (Å²) in [7, 11) is 0. The fourth-order valence-electron chi connectivity index (χ4n) is 2.57. The van der Waals surface area contributed by atoms with Gasteiger partial charge in [0.2, 0.25) is 0 Å². The van der Waals surface area contributed by atoms with Gasteiger partial charge in [-0.1, -0.05) is 42.0 Å². The minimum atomic E-state index is -0.0926. The van der Waals surface area contributed by atoms with E-state index < -0.39 is 0 Å². The van der Waals surface area contributed by atoms with Crippen molar-refractivity contribution in [2.24, 2.45) is 0 Å². The number of amides is 1. The van der Waals surface area contributed by atoms with Crippen LogP contribution in [0.3, 0.4) is 0 Å². The second-order valence-corrected chi connectivity index (χ2v) is 5.94. The van der Waals surface area contributed by atoms with E-state index in [9.17, 15) is 4.79 Å². The number of rotatable bonds is 4. The molecule has 3 N–H and O–H groups in total. The Morgan fingerprint density at radius 2 is 1.54 bits per heavy atom. The second-order valence-electron chi connectivity index (χ2n) is 5.94. The highest BCUT2D eigenvalue weighted by Crippen LogP contribution is 2.16. The molecule has 3 nitrogen and oxygen atoms in total. The predicted octanol–water partition coefficient (Wildman–Crippen LogP) is 4.42. The summed E-state index contributed by atoms with van der Waals surface area (Å²) in [6.45, 7) is 1.97. The van der Waals surface area contributed by atoms with E-state index in [1.54, 1.807) is 0 Å². The number of aryl methyl sites for hydroxylation is 1. The van der Waals surface area contributed by atoms with Crippen LogP contribution in [0.5, 0.6) is 0 Å². The molecule has 3 rings (SSSR count). The molecule has 0 unspecified atom stereocenters. The Balaban J connectivity index is 1.66. The van der Waals surface area contributed by atoms with Gasteiger partial charge < -0.3 is 11.1 Å². The molecule has 0 aliphatic heterocycles. The number of nitrogens with one attached hydrogen (secondary N) is 1. The number of benzene rings is 3. The minimum Gasteiger partial charge on any atom is -0.399 e. The van der Waals surface area contributed by atoms with Gasteiger partial charge in [0.25, 0.3) is 5.91 Å². The van der Waals surface area contributed by atoms with Crippen LogP contribution in [0, 0.1) is 6.92 Å². The third-order valence-corrected chi connectivity index (χ3v) is 3.88. The lowest BCUT2D eigenvalue weighted by Crippen LogP contribution is -2.11. The summed E-state index contributed by atoms with van der Waals surface area (Å²) < 4.78 is 0. The van der Waals surface area contributed by atoms with Crippen LogP contribution in [0.25, 0.3) is 0 Å². The summed E-state index contributed by atoms with van der Waals surface area (Å²) in [5.74, 6) is -0.0926. The Hall–Kier alpha value is -3.07. The van der Waals surface area contributed by atoms with Gasteiger partial charge in [0.1, 0.15) is 0 Å². The summed E-state index contributed by atoms with van der Waals surface area (Å²) in [5, 5.41) is 2.93. The fourth-order valence-corrected chi connectivity index (χ4v) is 2.57. The van der Waals surface area contributed by atoms with Crippen LogP contribution in [-0.4, -0.2) is 5.91 Å². The van der Waals surface area contributed by atoms with E-state index >= 15 is 0 Å². The van der Waals surface area contributed by atoms with Crippen molar-refractivity contribution in [1.82, 2.24) is 0 Å². The quantitative estimate of drug-likeness (QED) is 0.700. The molecular formula is C21H20N2O. The highest BCUT2D eigenvalue weighted by Gasteiger charge is 2.06. The summed E-state index contributed by atoms with van der Waals surface area (Å²) in [4.78, 5) is 12.3. The van der Waals surface area contributed by atoms with Crippen molar-refractivity contribution in [2.45, 2.75) is 13.3 Å². The highest BCUT2D eigenvalue weighted by atomic mass is 16.1. The lowest BCUT2D eigenvalue weighted by molar-refractivity contribution is 0.102. The first-order chi connectivity index (χ1) is 11.6. The molecule has 0 atom stereocenters. The van der Waals surface area contributed by atoms with E-state index in [0.29, 0.717) is 5.56 Å². The van der Waals surface area contributed by atoms with Crippen molar-refractivity contribution < 1.29 is 4.79 Å². The third-order valence-electron chi connectivity index (χ3n) is 3.88. The molecule has 24 heavy (non-hydrogen) atoms. The lowest BCUT2D eigenvalue weighted by Gasteiger charge is -2.08. The van der Waals surface area contributed by atoms with Crippen molar-refractivity contribution in [2.75, 3.05) is 11.1 Å². The monoisotopic (exact) mass is 316 g/mol. The second kappa shape index (κ2) is 7.01. The maximum atomic E-state index is 12.3. The SMILES string of the molecule is Cc1cccc(C(=O)Nc2ccc(Cc3ccc(N)cc3)cc2)c1. The molecule has 3 aromatic carbocycles. The zero-order valence-corrected chi connectivity index (χ0v) is 13.6. The molecule has 0 spiro atoms. The van der Waals surface area contributed by atoms with Crippen LogP contribution < -0.4 is 11.1 Å². The molecule has 0 bridgehead atoms. The molecule has 1 amide bonds. The number of nitrogen functional groups attached to an aromatic ring is 1. The molecule has 0 aromatic heterocycles. The average Bonchev–Trinajstić information content (AvgIpc) is 2.59. The zero-order valence-electron chi connectivity index (χ0n) is 13.6. The topological polar surface area (TPSA) is 55.1 Å². The Bertz CT molecular complexity index is 836. The Labute approximate surface area is 142 Å². The summed E-state index contributed by atoms with van der Waals surface area (Å²) in [5.41, 5.74) is 11.4. The van der Waals surface area contributed by atoms with Crippen LogP contribution >= 0.6 is 0 Å².